The van der Waals surface area contributed by atoms with Crippen LogP contribution >= 0.6 is 7.26 Å². The Balaban J connectivity index is 1.85. The molecular formula is C39H32BF10OP. The second-order valence-corrected chi connectivity index (χ2v) is 17.2. The zero-order valence-electron chi connectivity index (χ0n) is 28.9. The second kappa shape index (κ2) is 13.4. The molecule has 0 amide bonds. The van der Waals surface area contributed by atoms with Gasteiger partial charge in [-0.05, 0) is 63.8 Å². The average molecular weight is 748 g/mol. The van der Waals surface area contributed by atoms with Crippen LogP contribution in [-0.2, 0) is 4.65 Å². The molecule has 0 spiro atoms. The molecule has 1 saturated heterocycles. The molecule has 13 heteroatoms. The predicted molar refractivity (Wildman–Crippen MR) is 185 cm³/mol. The van der Waals surface area contributed by atoms with Crippen LogP contribution < -0.4 is 21.5 Å². The maximum Gasteiger partial charge on any atom is 0.200 e. The van der Waals surface area contributed by atoms with Gasteiger partial charge in [-0.15, -0.1) is 6.32 Å². The molecule has 0 aliphatic carbocycles. The molecule has 0 saturated carbocycles. The van der Waals surface area contributed by atoms with Gasteiger partial charge in [0, 0.05) is 11.7 Å². The monoisotopic (exact) mass is 748 g/mol. The van der Waals surface area contributed by atoms with Crippen LogP contribution in [0.4, 0.5) is 43.9 Å². The van der Waals surface area contributed by atoms with Crippen LogP contribution in [0.1, 0.15) is 44.8 Å². The molecule has 52 heavy (non-hydrogen) atoms. The van der Waals surface area contributed by atoms with E-state index in [2.05, 4.69) is 0 Å². The normalized spacial score (nSPS) is 16.7. The molecule has 1 heterocycles. The Hall–Kier alpha value is -4.15. The lowest BCUT2D eigenvalue weighted by molar-refractivity contribution is 0.273. The van der Waals surface area contributed by atoms with Crippen molar-refractivity contribution in [1.29, 1.82) is 0 Å². The van der Waals surface area contributed by atoms with E-state index in [1.54, 1.807) is 30.3 Å². The van der Waals surface area contributed by atoms with Crippen molar-refractivity contribution in [1.82, 2.24) is 0 Å². The molecule has 0 unspecified atom stereocenters. The Morgan fingerprint density at radius 2 is 0.827 bits per heavy atom. The van der Waals surface area contributed by atoms with E-state index in [9.17, 15) is 8.78 Å². The number of halogens is 10. The van der Waals surface area contributed by atoms with Gasteiger partial charge in [-0.2, -0.15) is 0 Å². The topological polar surface area (TPSA) is 9.23 Å². The van der Waals surface area contributed by atoms with Crippen molar-refractivity contribution in [2.24, 2.45) is 0 Å². The third-order valence-electron chi connectivity index (χ3n) is 10.2. The molecular weight excluding hydrogens is 716 g/mol. The molecule has 0 bridgehead atoms. The summed E-state index contributed by atoms with van der Waals surface area (Å²) in [6, 6.07) is 15.6. The first-order valence-corrected chi connectivity index (χ1v) is 18.4. The Kier molecular flexibility index (Phi) is 9.67. The molecule has 1 aliphatic rings. The van der Waals surface area contributed by atoms with Gasteiger partial charge >= 0.3 is 0 Å². The molecule has 0 N–H and O–H groups in total. The number of rotatable bonds is 5. The molecule has 1 fully saturated rings. The standard InChI is InChI=1S/C39H32BF10OP/c1-18-14-20(3)37(21(4)15-18)52(38-22(5)16-19(2)17-23(38)6)13-12-40(51-39(52)24-10-8-7-9-11-24,25-27(41)31(45)35(49)32(46)28(25)42)26-29(43)33(47)36(50)34(48)30(26)44/h7-11,14-17,39H,12-13H2,1-6H3/t39-/m1/s1. The summed E-state index contributed by atoms with van der Waals surface area (Å²) in [4.78, 5) is 0. The van der Waals surface area contributed by atoms with Gasteiger partial charge in [0.05, 0.1) is 0 Å². The van der Waals surface area contributed by atoms with E-state index in [-0.39, 0.29) is 11.7 Å². The van der Waals surface area contributed by atoms with E-state index >= 15 is 35.1 Å². The van der Waals surface area contributed by atoms with Crippen LogP contribution in [0.5, 0.6) is 0 Å². The minimum absolute atomic E-state index is 0.263. The number of aryl methyl sites for hydroxylation is 6. The highest BCUT2D eigenvalue weighted by Gasteiger charge is 2.61. The van der Waals surface area contributed by atoms with Crippen LogP contribution in [0.25, 0.3) is 0 Å². The van der Waals surface area contributed by atoms with Crippen LogP contribution in [-0.4, -0.2) is 12.5 Å². The maximum absolute atomic E-state index is 16.1. The fourth-order valence-electron chi connectivity index (χ4n) is 8.65. The van der Waals surface area contributed by atoms with Gasteiger partial charge in [0.25, 0.3) is 0 Å². The van der Waals surface area contributed by atoms with Gasteiger partial charge in [0.2, 0.25) is 0 Å². The quantitative estimate of drug-likeness (QED) is 0.0573. The summed E-state index contributed by atoms with van der Waals surface area (Å²) in [5, 5.41) is 1.50. The van der Waals surface area contributed by atoms with Crippen molar-refractivity contribution in [2.45, 2.75) is 53.7 Å². The van der Waals surface area contributed by atoms with Crippen molar-refractivity contribution in [3.63, 3.8) is 0 Å². The van der Waals surface area contributed by atoms with Crippen molar-refractivity contribution in [2.75, 3.05) is 6.16 Å². The van der Waals surface area contributed by atoms with Gasteiger partial charge in [-0.25, -0.2) is 43.9 Å². The summed E-state index contributed by atoms with van der Waals surface area (Å²) >= 11 is 0. The lowest BCUT2D eigenvalue weighted by Gasteiger charge is -2.54. The number of benzene rings is 5. The molecule has 6 rings (SSSR count). The summed E-state index contributed by atoms with van der Waals surface area (Å²) < 4.78 is 160. The first kappa shape index (κ1) is 37.6. The Morgan fingerprint density at radius 1 is 0.500 bits per heavy atom. The summed E-state index contributed by atoms with van der Waals surface area (Å²) in [6.07, 6.45) is -5.63. The van der Waals surface area contributed by atoms with E-state index in [0.717, 1.165) is 44.0 Å². The molecule has 0 radical (unpaired) electrons. The van der Waals surface area contributed by atoms with Crippen molar-refractivity contribution >= 4 is 35.1 Å². The number of hydrogen-bond acceptors (Lipinski definition) is 1. The predicted octanol–water partition coefficient (Wildman–Crippen LogP) is 9.39. The zero-order valence-corrected chi connectivity index (χ0v) is 29.8. The smallest absolute Gasteiger partial charge is 0.200 e. The highest BCUT2D eigenvalue weighted by Crippen LogP contribution is 2.73. The van der Waals surface area contributed by atoms with E-state index in [1.807, 2.05) is 65.8 Å². The molecule has 0 aromatic heterocycles. The molecule has 1 atom stereocenters. The van der Waals surface area contributed by atoms with Crippen LogP contribution in [0.15, 0.2) is 54.6 Å². The largest absolute Gasteiger partial charge is 0.546 e. The highest BCUT2D eigenvalue weighted by atomic mass is 31.2. The first-order chi connectivity index (χ1) is 24.4. The summed E-state index contributed by atoms with van der Waals surface area (Å²) in [5.41, 5.74) is 1.51. The fraction of sp³-hybridized carbons (Fsp3) is 0.231. The molecule has 1 aliphatic heterocycles. The summed E-state index contributed by atoms with van der Waals surface area (Å²) in [6.45, 7) is 11.1. The van der Waals surface area contributed by atoms with Gasteiger partial charge in [0.1, 0.15) is 41.1 Å². The Bertz CT molecular complexity index is 2050. The van der Waals surface area contributed by atoms with Gasteiger partial charge in [-0.1, -0.05) is 76.6 Å². The summed E-state index contributed by atoms with van der Waals surface area (Å²) in [5.74, 6) is -26.5. The Labute approximate surface area is 294 Å². The average Bonchev–Trinajstić information content (AvgIpc) is 3.08. The van der Waals surface area contributed by atoms with E-state index < -0.39 is 94.9 Å². The zero-order chi connectivity index (χ0) is 38.2. The van der Waals surface area contributed by atoms with Crippen LogP contribution in [0, 0.1) is 99.7 Å². The van der Waals surface area contributed by atoms with Gasteiger partial charge in [0.15, 0.2) is 47.1 Å². The number of hydrogen-bond donors (Lipinski definition) is 0. The SMILES string of the molecule is Cc1cc(C)c([P+]2(c3c(C)cc(C)cc3C)CC[B-](c3c(F)c(F)c(F)c(F)c3F)(c3c(F)c(F)c(F)c(F)c3F)O[C@H]2c2ccccc2)c(C)c1. The van der Waals surface area contributed by atoms with E-state index in [0.29, 0.717) is 0 Å². The first-order valence-electron chi connectivity index (χ1n) is 16.4. The van der Waals surface area contributed by atoms with Crippen molar-refractivity contribution in [3.8, 4) is 0 Å². The van der Waals surface area contributed by atoms with Gasteiger partial charge in [-0.3, -0.25) is 0 Å². The lowest BCUT2D eigenvalue weighted by atomic mass is 9.29. The molecule has 5 aromatic carbocycles. The Morgan fingerprint density at radius 3 is 1.17 bits per heavy atom. The lowest BCUT2D eigenvalue weighted by Crippen LogP contribution is -2.69. The minimum atomic E-state index is -4.47. The maximum atomic E-state index is 16.1. The van der Waals surface area contributed by atoms with Crippen LogP contribution in [0.2, 0.25) is 6.32 Å². The second-order valence-electron chi connectivity index (χ2n) is 13.7. The fourth-order valence-corrected chi connectivity index (χ4v) is 14.7. The highest BCUT2D eigenvalue weighted by molar-refractivity contribution is 7.90. The third kappa shape index (κ3) is 5.47. The summed E-state index contributed by atoms with van der Waals surface area (Å²) in [7, 11) is -3.28. The third-order valence-corrected chi connectivity index (χ3v) is 15.4. The van der Waals surface area contributed by atoms with E-state index in [4.69, 9.17) is 4.65 Å². The van der Waals surface area contributed by atoms with Crippen LogP contribution in [0.3, 0.4) is 0 Å². The van der Waals surface area contributed by atoms with Crippen molar-refractivity contribution < 1.29 is 48.6 Å². The molecule has 272 valence electrons. The molecule has 1 nitrogen and oxygen atoms in total. The minimum Gasteiger partial charge on any atom is -0.546 e. The van der Waals surface area contributed by atoms with Gasteiger partial charge < -0.3 is 4.65 Å². The molecule has 5 aromatic rings. The van der Waals surface area contributed by atoms with Crippen molar-refractivity contribution in [3.05, 3.63) is 152 Å². The van der Waals surface area contributed by atoms with E-state index in [1.165, 1.54) is 0 Å².